The van der Waals surface area contributed by atoms with Crippen molar-refractivity contribution in [3.8, 4) is 0 Å². The molecule has 1 aliphatic rings. The molecule has 1 aromatic rings. The molecule has 5 heteroatoms. The van der Waals surface area contributed by atoms with Crippen LogP contribution in [0.3, 0.4) is 0 Å². The van der Waals surface area contributed by atoms with Crippen LogP contribution in [0.5, 0.6) is 0 Å². The van der Waals surface area contributed by atoms with Crippen molar-refractivity contribution in [1.29, 1.82) is 0 Å². The molecular formula is C15H23ClN2O2. The predicted octanol–water partition coefficient (Wildman–Crippen LogP) is 2.26. The Hall–Kier alpha value is -1.26. The monoisotopic (exact) mass is 298 g/mol. The summed E-state index contributed by atoms with van der Waals surface area (Å²) in [6.07, 6.45) is 1.45. The number of ether oxygens (including phenoxy) is 1. The van der Waals surface area contributed by atoms with Crippen LogP contribution in [0.25, 0.3) is 0 Å². The molecule has 0 saturated carbocycles. The number of aryl methyl sites for hydroxylation is 1. The van der Waals surface area contributed by atoms with Gasteiger partial charge in [-0.3, -0.25) is 4.79 Å². The van der Waals surface area contributed by atoms with Gasteiger partial charge in [0.05, 0.1) is 12.2 Å². The molecule has 0 aromatic heterocycles. The van der Waals surface area contributed by atoms with Gasteiger partial charge in [-0.25, -0.2) is 0 Å². The minimum Gasteiger partial charge on any atom is -0.399 e. The van der Waals surface area contributed by atoms with Crippen LogP contribution < -0.4 is 5.73 Å². The number of para-hydroxylation sites is 1. The molecule has 0 radical (unpaired) electrons. The van der Waals surface area contributed by atoms with E-state index >= 15 is 0 Å². The Morgan fingerprint density at radius 1 is 1.30 bits per heavy atom. The first-order valence-corrected chi connectivity index (χ1v) is 6.83. The molecule has 1 aliphatic heterocycles. The average molecular weight is 299 g/mol. The Morgan fingerprint density at radius 3 is 2.50 bits per heavy atom. The number of hydrogen-bond acceptors (Lipinski definition) is 3. The second kappa shape index (κ2) is 7.50. The van der Waals surface area contributed by atoms with Crippen molar-refractivity contribution in [3.63, 3.8) is 0 Å². The summed E-state index contributed by atoms with van der Waals surface area (Å²) in [5.74, 6) is 0.185. The maximum absolute atomic E-state index is 12.2. The fourth-order valence-electron chi connectivity index (χ4n) is 2.54. The zero-order valence-corrected chi connectivity index (χ0v) is 12.9. The molecule has 4 nitrogen and oxygen atoms in total. The van der Waals surface area contributed by atoms with E-state index in [-0.39, 0.29) is 30.5 Å². The minimum atomic E-state index is 0. The largest absolute Gasteiger partial charge is 0.399 e. The molecule has 1 amide bonds. The molecule has 2 rings (SSSR count). The van der Waals surface area contributed by atoms with Crippen LogP contribution in [0.4, 0.5) is 5.69 Å². The predicted molar refractivity (Wildman–Crippen MR) is 83.0 cm³/mol. The Labute approximate surface area is 126 Å². The summed E-state index contributed by atoms with van der Waals surface area (Å²) in [7, 11) is 0. The van der Waals surface area contributed by atoms with Gasteiger partial charge in [0.25, 0.3) is 0 Å². The van der Waals surface area contributed by atoms with Gasteiger partial charge in [0.1, 0.15) is 0 Å². The zero-order valence-electron chi connectivity index (χ0n) is 12.0. The van der Waals surface area contributed by atoms with E-state index in [2.05, 4.69) is 0 Å². The average Bonchev–Trinajstić information content (AvgIpc) is 2.36. The molecule has 2 N–H and O–H groups in total. The maximum Gasteiger partial charge on any atom is 0.223 e. The molecule has 1 heterocycles. The smallest absolute Gasteiger partial charge is 0.223 e. The summed E-state index contributed by atoms with van der Waals surface area (Å²) in [5, 5.41) is 0. The number of rotatable bonds is 3. The number of carbonyl (C=O) groups is 1. The van der Waals surface area contributed by atoms with Crippen molar-refractivity contribution in [2.75, 3.05) is 18.8 Å². The van der Waals surface area contributed by atoms with E-state index < -0.39 is 0 Å². The molecule has 1 saturated heterocycles. The molecule has 0 aliphatic carbocycles. The number of morpholine rings is 1. The highest BCUT2D eigenvalue weighted by Gasteiger charge is 2.25. The third-order valence-corrected chi connectivity index (χ3v) is 3.44. The Kier molecular flexibility index (Phi) is 6.30. The summed E-state index contributed by atoms with van der Waals surface area (Å²) in [6, 6.07) is 7.72. The van der Waals surface area contributed by atoms with Crippen molar-refractivity contribution < 1.29 is 9.53 Å². The number of benzene rings is 1. The lowest BCUT2D eigenvalue weighted by atomic mass is 10.1. The number of halogens is 1. The van der Waals surface area contributed by atoms with Gasteiger partial charge in [-0.1, -0.05) is 18.2 Å². The van der Waals surface area contributed by atoms with Gasteiger partial charge in [-0.05, 0) is 31.9 Å². The molecule has 0 spiro atoms. The molecular weight excluding hydrogens is 276 g/mol. The highest BCUT2D eigenvalue weighted by molar-refractivity contribution is 5.85. The number of nitrogens with zero attached hydrogens (tertiary/aromatic N) is 1. The zero-order chi connectivity index (χ0) is 13.8. The van der Waals surface area contributed by atoms with E-state index in [1.54, 1.807) is 0 Å². The van der Waals surface area contributed by atoms with Gasteiger partial charge < -0.3 is 15.4 Å². The number of nitrogen functional groups attached to an aromatic ring is 1. The third-order valence-electron chi connectivity index (χ3n) is 3.44. The van der Waals surface area contributed by atoms with E-state index in [4.69, 9.17) is 10.5 Å². The number of anilines is 1. The van der Waals surface area contributed by atoms with Gasteiger partial charge in [0.15, 0.2) is 0 Å². The normalized spacial score (nSPS) is 22.2. The van der Waals surface area contributed by atoms with Crippen molar-refractivity contribution in [1.82, 2.24) is 4.90 Å². The Balaban J connectivity index is 0.00000200. The molecule has 2 atom stereocenters. The van der Waals surface area contributed by atoms with Crippen LogP contribution in [0.15, 0.2) is 24.3 Å². The van der Waals surface area contributed by atoms with Gasteiger partial charge >= 0.3 is 0 Å². The van der Waals surface area contributed by atoms with E-state index in [0.717, 1.165) is 11.3 Å². The van der Waals surface area contributed by atoms with E-state index in [1.807, 2.05) is 43.0 Å². The van der Waals surface area contributed by atoms with E-state index in [1.165, 1.54) is 0 Å². The van der Waals surface area contributed by atoms with Crippen LogP contribution in [0, 0.1) is 0 Å². The van der Waals surface area contributed by atoms with Gasteiger partial charge in [0, 0.05) is 25.2 Å². The molecule has 1 fully saturated rings. The van der Waals surface area contributed by atoms with Crippen molar-refractivity contribution in [2.45, 2.75) is 38.9 Å². The lowest BCUT2D eigenvalue weighted by molar-refractivity contribution is -0.143. The van der Waals surface area contributed by atoms with E-state index in [9.17, 15) is 4.79 Å². The molecule has 112 valence electrons. The molecule has 2 unspecified atom stereocenters. The second-order valence-corrected chi connectivity index (χ2v) is 5.25. The Bertz CT molecular complexity index is 443. The first-order chi connectivity index (χ1) is 9.06. The summed E-state index contributed by atoms with van der Waals surface area (Å²) >= 11 is 0. The first kappa shape index (κ1) is 16.8. The van der Waals surface area contributed by atoms with Crippen molar-refractivity contribution in [2.24, 2.45) is 0 Å². The van der Waals surface area contributed by atoms with Gasteiger partial charge in [-0.15, -0.1) is 12.4 Å². The van der Waals surface area contributed by atoms with Gasteiger partial charge in [0.2, 0.25) is 5.91 Å². The quantitative estimate of drug-likeness (QED) is 0.871. The van der Waals surface area contributed by atoms with Crippen molar-refractivity contribution in [3.05, 3.63) is 29.8 Å². The molecule has 0 bridgehead atoms. The van der Waals surface area contributed by atoms with Crippen LogP contribution in [-0.2, 0) is 16.0 Å². The van der Waals surface area contributed by atoms with Crippen molar-refractivity contribution >= 4 is 24.0 Å². The van der Waals surface area contributed by atoms with Crippen LogP contribution in [-0.4, -0.2) is 36.1 Å². The fraction of sp³-hybridized carbons (Fsp3) is 0.533. The fourth-order valence-corrected chi connectivity index (χ4v) is 2.54. The topological polar surface area (TPSA) is 55.6 Å². The number of nitrogens with two attached hydrogens (primary N) is 1. The number of carbonyl (C=O) groups excluding carboxylic acids is 1. The summed E-state index contributed by atoms with van der Waals surface area (Å²) < 4.78 is 5.63. The summed E-state index contributed by atoms with van der Waals surface area (Å²) in [5.41, 5.74) is 7.69. The lowest BCUT2D eigenvalue weighted by Gasteiger charge is -2.35. The standard InChI is InChI=1S/C15H22N2O2.ClH/c1-11-9-17(10-12(2)19-11)15(18)8-7-13-5-3-4-6-14(13)16;/h3-6,11-12H,7-10,16H2,1-2H3;1H. The first-order valence-electron chi connectivity index (χ1n) is 6.83. The number of amides is 1. The third kappa shape index (κ3) is 4.39. The summed E-state index contributed by atoms with van der Waals surface area (Å²) in [4.78, 5) is 14.1. The lowest BCUT2D eigenvalue weighted by Crippen LogP contribution is -2.48. The second-order valence-electron chi connectivity index (χ2n) is 5.25. The minimum absolute atomic E-state index is 0. The highest BCUT2D eigenvalue weighted by Crippen LogP contribution is 2.16. The van der Waals surface area contributed by atoms with Crippen LogP contribution >= 0.6 is 12.4 Å². The maximum atomic E-state index is 12.2. The molecule has 20 heavy (non-hydrogen) atoms. The number of hydrogen-bond donors (Lipinski definition) is 1. The van der Waals surface area contributed by atoms with E-state index in [0.29, 0.717) is 25.9 Å². The molecule has 1 aromatic carbocycles. The summed E-state index contributed by atoms with van der Waals surface area (Å²) in [6.45, 7) is 5.39. The van der Waals surface area contributed by atoms with Gasteiger partial charge in [-0.2, -0.15) is 0 Å². The van der Waals surface area contributed by atoms with Crippen LogP contribution in [0.2, 0.25) is 0 Å². The van der Waals surface area contributed by atoms with Crippen LogP contribution in [0.1, 0.15) is 25.8 Å². The highest BCUT2D eigenvalue weighted by atomic mass is 35.5. The Morgan fingerprint density at radius 2 is 1.90 bits per heavy atom. The SMILES string of the molecule is CC1CN(C(=O)CCc2ccccc2N)CC(C)O1.Cl.